The molecule has 0 atom stereocenters. The summed E-state index contributed by atoms with van der Waals surface area (Å²) in [5.74, 6) is 5.59. The van der Waals surface area contributed by atoms with Crippen LogP contribution >= 0.6 is 24.2 Å². The Hall–Kier alpha value is -0.680. The smallest absolute Gasteiger partial charge is 0.154 e. The average molecular weight is 209 g/mol. The lowest BCUT2D eigenvalue weighted by Crippen LogP contribution is -2.21. The molecule has 12 heavy (non-hydrogen) atoms. The van der Waals surface area contributed by atoms with E-state index in [2.05, 4.69) is 17.0 Å². The third-order valence-electron chi connectivity index (χ3n) is 0.805. The standard InChI is InChI=1S/C6H12N4S.ClH/c1-2-5-11-6(7)9-3-4-10-8;/h2,4H,1,3,5,8H2,(H2,7,9);1H. The SMILES string of the molecule is C=CCSC(=N)NCC=NN.Cl. The molecule has 0 aliphatic carbocycles. The molecule has 0 amide bonds. The summed E-state index contributed by atoms with van der Waals surface area (Å²) in [7, 11) is 0. The second-order valence-electron chi connectivity index (χ2n) is 1.64. The van der Waals surface area contributed by atoms with Gasteiger partial charge in [-0.05, 0) is 0 Å². The summed E-state index contributed by atoms with van der Waals surface area (Å²) in [4.78, 5) is 0. The molecule has 0 aromatic rings. The van der Waals surface area contributed by atoms with Gasteiger partial charge in [0.25, 0.3) is 0 Å². The van der Waals surface area contributed by atoms with E-state index in [0.717, 1.165) is 5.75 Å². The highest BCUT2D eigenvalue weighted by atomic mass is 35.5. The summed E-state index contributed by atoms with van der Waals surface area (Å²) < 4.78 is 0. The van der Waals surface area contributed by atoms with E-state index in [4.69, 9.17) is 11.3 Å². The van der Waals surface area contributed by atoms with Crippen molar-refractivity contribution < 1.29 is 0 Å². The molecule has 0 rings (SSSR count). The number of halogens is 1. The third kappa shape index (κ3) is 9.32. The summed E-state index contributed by atoms with van der Waals surface area (Å²) in [6, 6.07) is 0. The van der Waals surface area contributed by atoms with Crippen LogP contribution in [0.2, 0.25) is 0 Å². The van der Waals surface area contributed by atoms with Crippen LogP contribution in [0.5, 0.6) is 0 Å². The summed E-state index contributed by atoms with van der Waals surface area (Å²) in [5.41, 5.74) is 0. The minimum absolute atomic E-state index is 0. The molecule has 0 spiro atoms. The zero-order valence-electron chi connectivity index (χ0n) is 6.62. The van der Waals surface area contributed by atoms with Gasteiger partial charge in [-0.1, -0.05) is 17.8 Å². The van der Waals surface area contributed by atoms with Gasteiger partial charge in [-0.25, -0.2) is 0 Å². The molecule has 0 aliphatic heterocycles. The van der Waals surface area contributed by atoms with Crippen LogP contribution in [0.15, 0.2) is 17.8 Å². The van der Waals surface area contributed by atoms with E-state index in [1.165, 1.54) is 18.0 Å². The summed E-state index contributed by atoms with van der Waals surface area (Å²) in [6.07, 6.45) is 3.25. The molecule has 0 unspecified atom stereocenters. The van der Waals surface area contributed by atoms with E-state index in [1.54, 1.807) is 6.08 Å². The van der Waals surface area contributed by atoms with E-state index in [1.807, 2.05) is 0 Å². The molecule has 6 heteroatoms. The number of nitrogens with zero attached hydrogens (tertiary/aromatic N) is 1. The lowest BCUT2D eigenvalue weighted by atomic mass is 10.7. The van der Waals surface area contributed by atoms with Crippen molar-refractivity contribution in [3.63, 3.8) is 0 Å². The van der Waals surface area contributed by atoms with Gasteiger partial charge in [0.2, 0.25) is 0 Å². The highest BCUT2D eigenvalue weighted by Crippen LogP contribution is 1.97. The van der Waals surface area contributed by atoms with Crippen LogP contribution in [0.4, 0.5) is 0 Å². The molecule has 4 nitrogen and oxygen atoms in total. The fourth-order valence-corrected chi connectivity index (χ4v) is 0.854. The number of hydrazone groups is 1. The first-order chi connectivity index (χ1) is 5.31. The maximum atomic E-state index is 7.27. The minimum atomic E-state index is 0. The van der Waals surface area contributed by atoms with Gasteiger partial charge in [-0.3, -0.25) is 5.41 Å². The lowest BCUT2D eigenvalue weighted by Gasteiger charge is -2.00. The van der Waals surface area contributed by atoms with Crippen LogP contribution in [-0.4, -0.2) is 23.7 Å². The Kier molecular flexibility index (Phi) is 11.9. The third-order valence-corrected chi connectivity index (χ3v) is 1.64. The Labute approximate surface area is 82.6 Å². The number of nitrogens with two attached hydrogens (primary N) is 1. The van der Waals surface area contributed by atoms with Gasteiger partial charge >= 0.3 is 0 Å². The van der Waals surface area contributed by atoms with E-state index in [9.17, 15) is 0 Å². The van der Waals surface area contributed by atoms with Crippen molar-refractivity contribution in [3.05, 3.63) is 12.7 Å². The minimum Gasteiger partial charge on any atom is -0.360 e. The topological polar surface area (TPSA) is 74.3 Å². The zero-order chi connectivity index (χ0) is 8.53. The highest BCUT2D eigenvalue weighted by Gasteiger charge is 1.91. The van der Waals surface area contributed by atoms with Gasteiger partial charge in [-0.15, -0.1) is 19.0 Å². The number of amidine groups is 1. The largest absolute Gasteiger partial charge is 0.360 e. The molecule has 4 N–H and O–H groups in total. The molecule has 0 fully saturated rings. The molecule has 0 aromatic heterocycles. The van der Waals surface area contributed by atoms with Crippen molar-refractivity contribution in [2.24, 2.45) is 10.9 Å². The normalized spacial score (nSPS) is 9.00. The Morgan fingerprint density at radius 2 is 2.42 bits per heavy atom. The van der Waals surface area contributed by atoms with E-state index in [-0.39, 0.29) is 12.4 Å². The summed E-state index contributed by atoms with van der Waals surface area (Å²) >= 11 is 1.38. The van der Waals surface area contributed by atoms with Crippen molar-refractivity contribution in [2.75, 3.05) is 12.3 Å². The maximum Gasteiger partial charge on any atom is 0.154 e. The molecule has 0 heterocycles. The van der Waals surface area contributed by atoms with Crippen LogP contribution in [0, 0.1) is 5.41 Å². The van der Waals surface area contributed by atoms with Crippen LogP contribution in [0.1, 0.15) is 0 Å². The van der Waals surface area contributed by atoms with Crippen molar-refractivity contribution >= 4 is 35.6 Å². The Morgan fingerprint density at radius 1 is 1.75 bits per heavy atom. The Bertz CT molecular complexity index is 160. The van der Waals surface area contributed by atoms with Gasteiger partial charge in [-0.2, -0.15) is 5.10 Å². The second kappa shape index (κ2) is 10.3. The molecule has 0 radical (unpaired) electrons. The number of rotatable bonds is 4. The van der Waals surface area contributed by atoms with Crippen molar-refractivity contribution in [1.29, 1.82) is 5.41 Å². The molecule has 0 aromatic carbocycles. The molecule has 70 valence electrons. The number of thioether (sulfide) groups is 1. The van der Waals surface area contributed by atoms with Gasteiger partial charge in [0, 0.05) is 12.0 Å². The quantitative estimate of drug-likeness (QED) is 0.210. The first kappa shape index (κ1) is 13.9. The number of hydrogen-bond acceptors (Lipinski definition) is 4. The first-order valence-electron chi connectivity index (χ1n) is 3.09. The number of hydrogen-bond donors (Lipinski definition) is 3. The predicted molar refractivity (Wildman–Crippen MR) is 58.3 cm³/mol. The summed E-state index contributed by atoms with van der Waals surface area (Å²) in [5, 5.41) is 13.7. The van der Waals surface area contributed by atoms with Crippen LogP contribution < -0.4 is 11.2 Å². The predicted octanol–water partition coefficient (Wildman–Crippen LogP) is 0.796. The molecular weight excluding hydrogens is 196 g/mol. The van der Waals surface area contributed by atoms with Gasteiger partial charge in [0.15, 0.2) is 5.17 Å². The van der Waals surface area contributed by atoms with E-state index < -0.39 is 0 Å². The van der Waals surface area contributed by atoms with Crippen molar-refractivity contribution in [3.8, 4) is 0 Å². The summed E-state index contributed by atoms with van der Waals surface area (Å²) in [6.45, 7) is 4.04. The van der Waals surface area contributed by atoms with Crippen LogP contribution in [-0.2, 0) is 0 Å². The Morgan fingerprint density at radius 3 is 2.92 bits per heavy atom. The van der Waals surface area contributed by atoms with Gasteiger partial charge in [0.05, 0.1) is 6.54 Å². The van der Waals surface area contributed by atoms with E-state index in [0.29, 0.717) is 11.7 Å². The number of nitrogens with one attached hydrogen (secondary N) is 2. The second-order valence-corrected chi connectivity index (χ2v) is 2.67. The van der Waals surface area contributed by atoms with E-state index >= 15 is 0 Å². The first-order valence-corrected chi connectivity index (χ1v) is 4.07. The van der Waals surface area contributed by atoms with Gasteiger partial charge in [0.1, 0.15) is 0 Å². The molecular formula is C6H13ClN4S. The van der Waals surface area contributed by atoms with Crippen molar-refractivity contribution in [1.82, 2.24) is 5.32 Å². The van der Waals surface area contributed by atoms with Crippen LogP contribution in [0.3, 0.4) is 0 Å². The van der Waals surface area contributed by atoms with Crippen molar-refractivity contribution in [2.45, 2.75) is 0 Å². The Balaban J connectivity index is 0. The molecule has 0 aliphatic rings. The lowest BCUT2D eigenvalue weighted by molar-refractivity contribution is 1.09. The monoisotopic (exact) mass is 208 g/mol. The molecule has 0 bridgehead atoms. The fourth-order valence-electron chi connectivity index (χ4n) is 0.384. The zero-order valence-corrected chi connectivity index (χ0v) is 8.25. The van der Waals surface area contributed by atoms with Crippen LogP contribution in [0.25, 0.3) is 0 Å². The van der Waals surface area contributed by atoms with Gasteiger partial charge < -0.3 is 11.2 Å². The molecule has 0 saturated heterocycles. The average Bonchev–Trinajstić information content (AvgIpc) is 2.01. The highest BCUT2D eigenvalue weighted by molar-refractivity contribution is 8.13. The maximum absolute atomic E-state index is 7.27. The molecule has 0 saturated carbocycles. The fraction of sp³-hybridized carbons (Fsp3) is 0.333.